The summed E-state index contributed by atoms with van der Waals surface area (Å²) in [6.07, 6.45) is 1.08. The van der Waals surface area contributed by atoms with Gasteiger partial charge in [-0.05, 0) is 37.4 Å². The van der Waals surface area contributed by atoms with Crippen LogP contribution in [0.1, 0.15) is 24.5 Å². The van der Waals surface area contributed by atoms with E-state index in [0.29, 0.717) is 19.6 Å². The van der Waals surface area contributed by atoms with Crippen molar-refractivity contribution in [1.82, 2.24) is 10.2 Å². The molecule has 0 bridgehead atoms. The Hall–Kier alpha value is -1.10. The Balaban J connectivity index is 0.00000220. The average Bonchev–Trinajstić information content (AvgIpc) is 2.80. The summed E-state index contributed by atoms with van der Waals surface area (Å²) in [6.45, 7) is 7.89. The number of carbonyl (C=O) groups excluding carboxylic acids is 1. The molecule has 4 nitrogen and oxygen atoms in total. The van der Waals surface area contributed by atoms with Crippen molar-refractivity contribution in [2.75, 3.05) is 26.2 Å². The predicted molar refractivity (Wildman–Crippen MR) is 88.5 cm³/mol. The molecule has 1 fully saturated rings. The number of hydrogen-bond acceptors (Lipinski definition) is 3. The quantitative estimate of drug-likeness (QED) is 0.870. The summed E-state index contributed by atoms with van der Waals surface area (Å²) in [7, 11) is 0. The molecule has 1 unspecified atom stereocenters. The summed E-state index contributed by atoms with van der Waals surface area (Å²) < 4.78 is 0. The molecule has 1 amide bonds. The van der Waals surface area contributed by atoms with E-state index in [-0.39, 0.29) is 23.7 Å². The Morgan fingerprint density at radius 2 is 2.05 bits per heavy atom. The number of nitrogens with two attached hydrogens (primary N) is 1. The van der Waals surface area contributed by atoms with Gasteiger partial charge in [0.2, 0.25) is 5.91 Å². The summed E-state index contributed by atoms with van der Waals surface area (Å²) in [5.41, 5.74) is 8.33. The molecule has 0 radical (unpaired) electrons. The van der Waals surface area contributed by atoms with Gasteiger partial charge in [-0.25, -0.2) is 0 Å². The smallest absolute Gasteiger partial charge is 0.234 e. The maximum Gasteiger partial charge on any atom is 0.234 e. The molecule has 118 valence electrons. The van der Waals surface area contributed by atoms with Crippen LogP contribution in [0.2, 0.25) is 0 Å². The van der Waals surface area contributed by atoms with Gasteiger partial charge in [-0.2, -0.15) is 0 Å². The Kier molecular flexibility index (Phi) is 6.65. The minimum atomic E-state index is 0. The molecule has 1 heterocycles. The molecule has 0 spiro atoms. The summed E-state index contributed by atoms with van der Waals surface area (Å²) in [5.74, 6) is 0.0897. The van der Waals surface area contributed by atoms with Crippen LogP contribution in [0.15, 0.2) is 24.3 Å². The molecule has 1 aromatic rings. The predicted octanol–water partition coefficient (Wildman–Crippen LogP) is 1.70. The number of nitrogens with zero attached hydrogens (tertiary/aromatic N) is 1. The van der Waals surface area contributed by atoms with Crippen LogP contribution in [0.4, 0.5) is 0 Å². The van der Waals surface area contributed by atoms with Gasteiger partial charge in [0, 0.05) is 13.1 Å². The summed E-state index contributed by atoms with van der Waals surface area (Å²) in [4.78, 5) is 14.1. The summed E-state index contributed by atoms with van der Waals surface area (Å²) in [5, 5.41) is 2.98. The Labute approximate surface area is 133 Å². The van der Waals surface area contributed by atoms with Gasteiger partial charge in [0.15, 0.2) is 0 Å². The van der Waals surface area contributed by atoms with E-state index in [9.17, 15) is 4.79 Å². The minimum Gasteiger partial charge on any atom is -0.351 e. The lowest BCUT2D eigenvalue weighted by Crippen LogP contribution is -2.38. The molecule has 1 saturated heterocycles. The normalized spacial score (nSPS) is 21.9. The van der Waals surface area contributed by atoms with E-state index < -0.39 is 0 Å². The zero-order chi connectivity index (χ0) is 14.6. The number of halogens is 1. The third-order valence-corrected chi connectivity index (χ3v) is 4.11. The lowest BCUT2D eigenvalue weighted by molar-refractivity contribution is -0.122. The van der Waals surface area contributed by atoms with E-state index in [1.807, 2.05) is 0 Å². The minimum absolute atomic E-state index is 0. The number of benzene rings is 1. The number of nitrogens with one attached hydrogen (secondary N) is 1. The maximum absolute atomic E-state index is 12.0. The highest BCUT2D eigenvalue weighted by molar-refractivity contribution is 5.85. The zero-order valence-corrected chi connectivity index (χ0v) is 13.7. The highest BCUT2D eigenvalue weighted by Crippen LogP contribution is 2.27. The van der Waals surface area contributed by atoms with Crippen molar-refractivity contribution in [3.63, 3.8) is 0 Å². The van der Waals surface area contributed by atoms with Crippen LogP contribution in [0.25, 0.3) is 0 Å². The number of likely N-dealkylation sites (tertiary alicyclic amines) is 1. The molecule has 0 aliphatic carbocycles. The highest BCUT2D eigenvalue weighted by atomic mass is 35.5. The zero-order valence-electron chi connectivity index (χ0n) is 12.9. The number of aryl methyl sites for hydroxylation is 1. The lowest BCUT2D eigenvalue weighted by Gasteiger charge is -2.22. The first-order valence-corrected chi connectivity index (χ1v) is 7.25. The van der Waals surface area contributed by atoms with Gasteiger partial charge >= 0.3 is 0 Å². The third-order valence-electron chi connectivity index (χ3n) is 4.11. The van der Waals surface area contributed by atoms with E-state index >= 15 is 0 Å². The molecule has 0 aromatic heterocycles. The maximum atomic E-state index is 12.0. The Morgan fingerprint density at radius 3 is 2.62 bits per heavy atom. The standard InChI is InChI=1S/C16H25N3O.ClH/c1-13-3-5-14(6-4-13)9-18-15(20)10-19-8-7-16(2,11-17)12-19;/h3-6H,7-12,17H2,1-2H3,(H,18,20);1H. The SMILES string of the molecule is Cc1ccc(CNC(=O)CN2CCC(C)(CN)C2)cc1.Cl. The second-order valence-electron chi connectivity index (χ2n) is 6.24. The molecule has 5 heteroatoms. The van der Waals surface area contributed by atoms with Gasteiger partial charge in [-0.1, -0.05) is 36.8 Å². The first-order chi connectivity index (χ1) is 9.50. The van der Waals surface area contributed by atoms with Crippen LogP contribution in [-0.4, -0.2) is 37.0 Å². The van der Waals surface area contributed by atoms with Crippen LogP contribution < -0.4 is 11.1 Å². The second-order valence-corrected chi connectivity index (χ2v) is 6.24. The third kappa shape index (κ3) is 5.30. The van der Waals surface area contributed by atoms with Crippen LogP contribution in [0.3, 0.4) is 0 Å². The van der Waals surface area contributed by atoms with Crippen LogP contribution in [0, 0.1) is 12.3 Å². The van der Waals surface area contributed by atoms with Gasteiger partial charge in [0.1, 0.15) is 0 Å². The average molecular weight is 312 g/mol. The monoisotopic (exact) mass is 311 g/mol. The lowest BCUT2D eigenvalue weighted by atomic mass is 9.90. The highest BCUT2D eigenvalue weighted by Gasteiger charge is 2.32. The number of amides is 1. The van der Waals surface area contributed by atoms with Crippen molar-refractivity contribution < 1.29 is 4.79 Å². The first-order valence-electron chi connectivity index (χ1n) is 7.25. The fourth-order valence-corrected chi connectivity index (χ4v) is 2.59. The van der Waals surface area contributed by atoms with Crippen molar-refractivity contribution in [2.24, 2.45) is 11.1 Å². The molecule has 1 atom stereocenters. The van der Waals surface area contributed by atoms with E-state index in [4.69, 9.17) is 5.73 Å². The van der Waals surface area contributed by atoms with Crippen molar-refractivity contribution >= 4 is 18.3 Å². The van der Waals surface area contributed by atoms with Crippen LogP contribution >= 0.6 is 12.4 Å². The Bertz CT molecular complexity index is 463. The van der Waals surface area contributed by atoms with Gasteiger partial charge in [0.05, 0.1) is 6.54 Å². The first kappa shape index (κ1) is 18.0. The fraction of sp³-hybridized carbons (Fsp3) is 0.562. The van der Waals surface area contributed by atoms with Gasteiger partial charge in [-0.3, -0.25) is 9.69 Å². The van der Waals surface area contributed by atoms with Crippen LogP contribution in [0.5, 0.6) is 0 Å². The van der Waals surface area contributed by atoms with Crippen molar-refractivity contribution in [1.29, 1.82) is 0 Å². The fourth-order valence-electron chi connectivity index (χ4n) is 2.59. The number of carbonyl (C=O) groups is 1. The summed E-state index contributed by atoms with van der Waals surface area (Å²) >= 11 is 0. The molecule has 3 N–H and O–H groups in total. The van der Waals surface area contributed by atoms with Crippen molar-refractivity contribution in [3.8, 4) is 0 Å². The molecular formula is C16H26ClN3O. The van der Waals surface area contributed by atoms with Gasteiger partial charge < -0.3 is 11.1 Å². The second kappa shape index (κ2) is 7.78. The molecule has 1 aliphatic rings. The van der Waals surface area contributed by atoms with E-state index in [1.54, 1.807) is 0 Å². The van der Waals surface area contributed by atoms with E-state index in [0.717, 1.165) is 25.1 Å². The van der Waals surface area contributed by atoms with Crippen LogP contribution in [-0.2, 0) is 11.3 Å². The summed E-state index contributed by atoms with van der Waals surface area (Å²) in [6, 6.07) is 8.23. The van der Waals surface area contributed by atoms with Gasteiger partial charge in [0.25, 0.3) is 0 Å². The van der Waals surface area contributed by atoms with Crippen molar-refractivity contribution in [3.05, 3.63) is 35.4 Å². The molecule has 0 saturated carbocycles. The van der Waals surface area contributed by atoms with Crippen molar-refractivity contribution in [2.45, 2.75) is 26.8 Å². The van der Waals surface area contributed by atoms with Gasteiger partial charge in [-0.15, -0.1) is 12.4 Å². The molecular weight excluding hydrogens is 286 g/mol. The topological polar surface area (TPSA) is 58.4 Å². The molecule has 1 aromatic carbocycles. The number of rotatable bonds is 5. The molecule has 21 heavy (non-hydrogen) atoms. The van der Waals surface area contributed by atoms with E-state index in [1.165, 1.54) is 5.56 Å². The number of hydrogen-bond donors (Lipinski definition) is 2. The Morgan fingerprint density at radius 1 is 1.38 bits per heavy atom. The molecule has 1 aliphatic heterocycles. The van der Waals surface area contributed by atoms with E-state index in [2.05, 4.69) is 48.3 Å². The molecule has 2 rings (SSSR count). The largest absolute Gasteiger partial charge is 0.351 e.